The van der Waals surface area contributed by atoms with Crippen molar-refractivity contribution in [1.82, 2.24) is 24.5 Å². The van der Waals surface area contributed by atoms with Crippen LogP contribution in [0.15, 0.2) is 22.9 Å². The molecule has 0 bridgehead atoms. The zero-order valence-corrected chi connectivity index (χ0v) is 16.4. The Morgan fingerprint density at radius 3 is 2.88 bits per heavy atom. The molecule has 2 aromatic rings. The number of nitrogens with one attached hydrogen (secondary N) is 1. The molecule has 0 spiro atoms. The SMILES string of the molecule is Cc1cc(Br)cn2c(CN3CCC(N4CCNCC4)C3)cnc12.Cl. The number of imidazole rings is 1. The van der Waals surface area contributed by atoms with Crippen LogP contribution >= 0.6 is 28.3 Å². The quantitative estimate of drug-likeness (QED) is 0.836. The zero-order valence-electron chi connectivity index (χ0n) is 14.0. The lowest BCUT2D eigenvalue weighted by Gasteiger charge is -2.32. The third-order valence-electron chi connectivity index (χ3n) is 5.13. The van der Waals surface area contributed by atoms with Crippen LogP contribution in [-0.2, 0) is 6.54 Å². The molecule has 2 aliphatic rings. The highest BCUT2D eigenvalue weighted by Gasteiger charge is 2.28. The molecule has 1 unspecified atom stereocenters. The van der Waals surface area contributed by atoms with Crippen LogP contribution in [0.5, 0.6) is 0 Å². The number of fused-ring (bicyclic) bond motifs is 1. The summed E-state index contributed by atoms with van der Waals surface area (Å²) in [7, 11) is 0. The molecule has 0 aromatic carbocycles. The molecular weight excluding hydrogens is 390 g/mol. The fourth-order valence-electron chi connectivity index (χ4n) is 3.91. The van der Waals surface area contributed by atoms with Crippen molar-refractivity contribution in [3.63, 3.8) is 0 Å². The summed E-state index contributed by atoms with van der Waals surface area (Å²) < 4.78 is 3.35. The minimum Gasteiger partial charge on any atom is -0.314 e. The van der Waals surface area contributed by atoms with Crippen LogP contribution in [0.4, 0.5) is 0 Å². The third kappa shape index (κ3) is 3.63. The van der Waals surface area contributed by atoms with E-state index in [0.717, 1.165) is 35.8 Å². The molecule has 1 atom stereocenters. The monoisotopic (exact) mass is 413 g/mol. The molecule has 4 rings (SSSR count). The molecule has 2 fully saturated rings. The van der Waals surface area contributed by atoms with Crippen LogP contribution in [0.3, 0.4) is 0 Å². The summed E-state index contributed by atoms with van der Waals surface area (Å²) >= 11 is 3.60. The zero-order chi connectivity index (χ0) is 15.8. The largest absolute Gasteiger partial charge is 0.314 e. The van der Waals surface area contributed by atoms with Crippen LogP contribution in [0.25, 0.3) is 5.65 Å². The van der Waals surface area contributed by atoms with Gasteiger partial charge < -0.3 is 9.72 Å². The fraction of sp³-hybridized carbons (Fsp3) is 0.588. The smallest absolute Gasteiger partial charge is 0.139 e. The van der Waals surface area contributed by atoms with Crippen molar-refractivity contribution >= 4 is 34.0 Å². The van der Waals surface area contributed by atoms with Gasteiger partial charge in [0.15, 0.2) is 0 Å². The molecular formula is C17H25BrClN5. The average molecular weight is 415 g/mol. The van der Waals surface area contributed by atoms with E-state index in [-0.39, 0.29) is 12.4 Å². The minimum absolute atomic E-state index is 0. The topological polar surface area (TPSA) is 35.8 Å². The van der Waals surface area contributed by atoms with Gasteiger partial charge in [0.2, 0.25) is 0 Å². The molecule has 132 valence electrons. The van der Waals surface area contributed by atoms with Crippen molar-refractivity contribution in [2.45, 2.75) is 25.9 Å². The summed E-state index contributed by atoms with van der Waals surface area (Å²) in [6.45, 7) is 10.1. The van der Waals surface area contributed by atoms with E-state index in [1.165, 1.54) is 43.9 Å². The highest BCUT2D eigenvalue weighted by Crippen LogP contribution is 2.22. The lowest BCUT2D eigenvalue weighted by molar-refractivity contribution is 0.170. The molecule has 7 heteroatoms. The predicted octanol–water partition coefficient (Wildman–Crippen LogP) is 2.31. The van der Waals surface area contributed by atoms with E-state index >= 15 is 0 Å². The maximum Gasteiger partial charge on any atom is 0.139 e. The summed E-state index contributed by atoms with van der Waals surface area (Å²) in [6.07, 6.45) is 5.46. The summed E-state index contributed by atoms with van der Waals surface area (Å²) in [5.41, 5.74) is 3.57. The van der Waals surface area contributed by atoms with Gasteiger partial charge in [0.05, 0.1) is 11.9 Å². The predicted molar refractivity (Wildman–Crippen MR) is 103 cm³/mol. The average Bonchev–Trinajstić information content (AvgIpc) is 3.17. The van der Waals surface area contributed by atoms with Crippen LogP contribution in [0.1, 0.15) is 17.7 Å². The summed E-state index contributed by atoms with van der Waals surface area (Å²) in [5, 5.41) is 3.45. The van der Waals surface area contributed by atoms with Gasteiger partial charge in [0.1, 0.15) is 5.65 Å². The lowest BCUT2D eigenvalue weighted by Crippen LogP contribution is -2.49. The van der Waals surface area contributed by atoms with Crippen LogP contribution in [0.2, 0.25) is 0 Å². The minimum atomic E-state index is 0. The first-order valence-corrected chi connectivity index (χ1v) is 9.29. The standard InChI is InChI=1S/C17H24BrN5.ClH/c1-13-8-14(18)10-23-16(9-20-17(13)23)12-21-5-2-15(11-21)22-6-3-19-4-7-22;/h8-10,15,19H,2-7,11-12H2,1H3;1H. The summed E-state index contributed by atoms with van der Waals surface area (Å²) in [5.74, 6) is 0. The van der Waals surface area contributed by atoms with Crippen molar-refractivity contribution in [1.29, 1.82) is 0 Å². The van der Waals surface area contributed by atoms with Crippen LogP contribution < -0.4 is 5.32 Å². The van der Waals surface area contributed by atoms with Crippen molar-refractivity contribution in [2.75, 3.05) is 39.3 Å². The molecule has 0 aliphatic carbocycles. The Kier molecular flexibility index (Phi) is 5.82. The summed E-state index contributed by atoms with van der Waals surface area (Å²) in [4.78, 5) is 9.84. The number of hydrogen-bond acceptors (Lipinski definition) is 4. The van der Waals surface area contributed by atoms with Gasteiger partial charge in [-0.2, -0.15) is 0 Å². The van der Waals surface area contributed by atoms with Gasteiger partial charge in [0, 0.05) is 62.5 Å². The number of likely N-dealkylation sites (tertiary alicyclic amines) is 1. The van der Waals surface area contributed by atoms with Gasteiger partial charge >= 0.3 is 0 Å². The van der Waals surface area contributed by atoms with Gasteiger partial charge in [-0.3, -0.25) is 9.80 Å². The van der Waals surface area contributed by atoms with Gasteiger partial charge in [-0.25, -0.2) is 4.98 Å². The lowest BCUT2D eigenvalue weighted by atomic mass is 10.2. The van der Waals surface area contributed by atoms with Crippen molar-refractivity contribution in [2.24, 2.45) is 0 Å². The Bertz CT molecular complexity index is 698. The van der Waals surface area contributed by atoms with E-state index in [1.807, 2.05) is 6.20 Å². The third-order valence-corrected chi connectivity index (χ3v) is 5.57. The molecule has 24 heavy (non-hydrogen) atoms. The number of nitrogens with zero attached hydrogens (tertiary/aromatic N) is 4. The van der Waals surface area contributed by atoms with Gasteiger partial charge in [-0.1, -0.05) is 0 Å². The number of piperazine rings is 1. The first kappa shape index (κ1) is 18.1. The molecule has 2 saturated heterocycles. The first-order valence-electron chi connectivity index (χ1n) is 8.50. The molecule has 2 aliphatic heterocycles. The Balaban J connectivity index is 0.00000169. The maximum atomic E-state index is 4.61. The van der Waals surface area contributed by atoms with Gasteiger partial charge in [-0.15, -0.1) is 12.4 Å². The second kappa shape index (κ2) is 7.70. The Morgan fingerprint density at radius 2 is 2.08 bits per heavy atom. The number of aromatic nitrogens is 2. The van der Waals surface area contributed by atoms with Crippen molar-refractivity contribution in [3.8, 4) is 0 Å². The van der Waals surface area contributed by atoms with E-state index in [2.05, 4.69) is 59.6 Å². The van der Waals surface area contributed by atoms with Gasteiger partial charge in [0.25, 0.3) is 0 Å². The Morgan fingerprint density at radius 1 is 1.29 bits per heavy atom. The van der Waals surface area contributed by atoms with E-state index in [4.69, 9.17) is 0 Å². The Labute approximate surface area is 157 Å². The number of halogens is 2. The molecule has 0 amide bonds. The highest BCUT2D eigenvalue weighted by molar-refractivity contribution is 9.10. The van der Waals surface area contributed by atoms with E-state index in [1.54, 1.807) is 0 Å². The van der Waals surface area contributed by atoms with E-state index < -0.39 is 0 Å². The second-order valence-electron chi connectivity index (χ2n) is 6.75. The summed E-state index contributed by atoms with van der Waals surface area (Å²) in [6, 6.07) is 2.85. The van der Waals surface area contributed by atoms with Crippen LogP contribution in [-0.4, -0.2) is 64.5 Å². The number of aryl methyl sites for hydroxylation is 1. The molecule has 0 saturated carbocycles. The molecule has 4 heterocycles. The normalized spacial score (nSPS) is 22.8. The van der Waals surface area contributed by atoms with Crippen LogP contribution in [0, 0.1) is 6.92 Å². The number of hydrogen-bond donors (Lipinski definition) is 1. The Hall–Kier alpha value is -0.660. The molecule has 2 aromatic heterocycles. The highest BCUT2D eigenvalue weighted by atomic mass is 79.9. The van der Waals surface area contributed by atoms with Gasteiger partial charge in [-0.05, 0) is 40.9 Å². The number of pyridine rings is 1. The molecule has 0 radical (unpaired) electrons. The second-order valence-corrected chi connectivity index (χ2v) is 7.66. The first-order chi connectivity index (χ1) is 11.2. The van der Waals surface area contributed by atoms with E-state index in [9.17, 15) is 0 Å². The van der Waals surface area contributed by atoms with Crippen molar-refractivity contribution < 1.29 is 0 Å². The fourth-order valence-corrected chi connectivity index (χ4v) is 4.46. The molecule has 1 N–H and O–H groups in total. The number of rotatable bonds is 3. The maximum absolute atomic E-state index is 4.61. The molecule has 5 nitrogen and oxygen atoms in total. The van der Waals surface area contributed by atoms with Crippen molar-refractivity contribution in [3.05, 3.63) is 34.2 Å². The van der Waals surface area contributed by atoms with E-state index in [0.29, 0.717) is 0 Å².